The quantitative estimate of drug-likeness (QED) is 0.867. The van der Waals surface area contributed by atoms with Crippen molar-refractivity contribution in [2.24, 2.45) is 10.9 Å². The molecule has 4 rings (SSSR count). The average Bonchev–Trinajstić information content (AvgIpc) is 3.12. The summed E-state index contributed by atoms with van der Waals surface area (Å²) in [5.41, 5.74) is 1.88. The second-order valence-electron chi connectivity index (χ2n) is 6.07. The molecule has 23 heavy (non-hydrogen) atoms. The van der Waals surface area contributed by atoms with Crippen LogP contribution in [0.2, 0.25) is 0 Å². The van der Waals surface area contributed by atoms with Gasteiger partial charge in [0.2, 0.25) is 0 Å². The van der Waals surface area contributed by atoms with Gasteiger partial charge in [-0.05, 0) is 49.6 Å². The SMILES string of the molecule is O=C(O)C1=CC2=c3cc(OCC4C=CCCC4)ccc3=NC2=C1. The summed E-state index contributed by atoms with van der Waals surface area (Å²) in [5.74, 6) is 0.367. The predicted molar refractivity (Wildman–Crippen MR) is 86.4 cm³/mol. The Kier molecular flexibility index (Phi) is 3.37. The fourth-order valence-corrected chi connectivity index (χ4v) is 3.20. The van der Waals surface area contributed by atoms with Gasteiger partial charge >= 0.3 is 5.97 Å². The Morgan fingerprint density at radius 1 is 1.35 bits per heavy atom. The van der Waals surface area contributed by atoms with Crippen LogP contribution in [-0.4, -0.2) is 17.7 Å². The molecule has 116 valence electrons. The van der Waals surface area contributed by atoms with Gasteiger partial charge in [0.15, 0.2) is 0 Å². The van der Waals surface area contributed by atoms with E-state index in [0.717, 1.165) is 27.6 Å². The summed E-state index contributed by atoms with van der Waals surface area (Å²) in [6, 6.07) is 5.82. The molecule has 2 aliphatic carbocycles. The van der Waals surface area contributed by atoms with Gasteiger partial charge in [0.1, 0.15) is 5.75 Å². The number of ether oxygens (including phenoxy) is 1. The van der Waals surface area contributed by atoms with Crippen molar-refractivity contribution in [3.8, 4) is 5.75 Å². The fraction of sp³-hybridized carbons (Fsp3) is 0.263. The topological polar surface area (TPSA) is 58.9 Å². The molecule has 0 saturated carbocycles. The van der Waals surface area contributed by atoms with Crippen molar-refractivity contribution in [3.63, 3.8) is 0 Å². The molecule has 1 aromatic carbocycles. The van der Waals surface area contributed by atoms with Crippen LogP contribution in [0.4, 0.5) is 0 Å². The number of hydrogen-bond donors (Lipinski definition) is 1. The molecular formula is C19H17NO3. The number of carboxylic acid groups (broad SMARTS) is 1. The molecule has 4 heteroatoms. The highest BCUT2D eigenvalue weighted by Crippen LogP contribution is 2.26. The lowest BCUT2D eigenvalue weighted by Gasteiger charge is -2.16. The second kappa shape index (κ2) is 5.54. The fourth-order valence-electron chi connectivity index (χ4n) is 3.20. The maximum Gasteiger partial charge on any atom is 0.335 e. The predicted octanol–water partition coefficient (Wildman–Crippen LogP) is 2.11. The zero-order valence-corrected chi connectivity index (χ0v) is 12.7. The Bertz CT molecular complexity index is 890. The number of benzene rings is 1. The second-order valence-corrected chi connectivity index (χ2v) is 6.07. The third kappa shape index (κ3) is 2.61. The summed E-state index contributed by atoms with van der Waals surface area (Å²) in [7, 11) is 0. The summed E-state index contributed by atoms with van der Waals surface area (Å²) in [6.07, 6.45) is 11.3. The van der Waals surface area contributed by atoms with Gasteiger partial charge in [0.05, 0.1) is 23.2 Å². The Hall–Kier alpha value is -2.62. The monoisotopic (exact) mass is 307 g/mol. The Labute approximate surface area is 133 Å². The molecule has 1 unspecified atom stereocenters. The van der Waals surface area contributed by atoms with Crippen molar-refractivity contribution >= 4 is 11.5 Å². The Balaban J connectivity index is 1.61. The van der Waals surface area contributed by atoms with Crippen LogP contribution >= 0.6 is 0 Å². The minimum atomic E-state index is -0.923. The molecule has 4 nitrogen and oxygen atoms in total. The summed E-state index contributed by atoms with van der Waals surface area (Å²) >= 11 is 0. The first-order valence-corrected chi connectivity index (χ1v) is 7.90. The summed E-state index contributed by atoms with van der Waals surface area (Å²) in [5, 5.41) is 10.9. The average molecular weight is 307 g/mol. The minimum Gasteiger partial charge on any atom is -0.493 e. The first kappa shape index (κ1) is 14.0. The van der Waals surface area contributed by atoms with Crippen LogP contribution in [-0.2, 0) is 4.79 Å². The molecule has 1 atom stereocenters. The van der Waals surface area contributed by atoms with Gasteiger partial charge in [0.25, 0.3) is 0 Å². The first-order valence-electron chi connectivity index (χ1n) is 7.90. The van der Waals surface area contributed by atoms with E-state index in [1.165, 1.54) is 19.3 Å². The molecule has 0 amide bonds. The molecule has 0 spiro atoms. The van der Waals surface area contributed by atoms with Gasteiger partial charge in [0, 0.05) is 16.7 Å². The number of nitrogens with zero attached hydrogens (tertiary/aromatic N) is 1. The maximum atomic E-state index is 11.1. The number of hydrogen-bond acceptors (Lipinski definition) is 3. The van der Waals surface area contributed by atoms with Crippen molar-refractivity contribution in [3.05, 3.63) is 64.3 Å². The summed E-state index contributed by atoms with van der Waals surface area (Å²) < 4.78 is 5.93. The minimum absolute atomic E-state index is 0.281. The molecule has 0 radical (unpaired) electrons. The molecule has 1 aromatic rings. The van der Waals surface area contributed by atoms with E-state index < -0.39 is 5.97 Å². The van der Waals surface area contributed by atoms with Crippen LogP contribution in [0.3, 0.4) is 0 Å². The standard InChI is InChI=1S/C19H17NO3/c21-19(22)13-8-15-16-10-14(6-7-17(16)20-18(15)9-13)23-11-12-4-2-1-3-5-12/h2,4,6-10,12H,1,3,5,11H2,(H,21,22). The van der Waals surface area contributed by atoms with Crippen LogP contribution in [0, 0.1) is 5.92 Å². The van der Waals surface area contributed by atoms with Crippen molar-refractivity contribution in [2.75, 3.05) is 6.61 Å². The normalized spacial score (nSPS) is 21.2. The van der Waals surface area contributed by atoms with Crippen LogP contribution < -0.4 is 15.3 Å². The van der Waals surface area contributed by atoms with E-state index in [1.54, 1.807) is 12.2 Å². The van der Waals surface area contributed by atoms with Crippen LogP contribution in [0.25, 0.3) is 5.57 Å². The van der Waals surface area contributed by atoms with E-state index in [0.29, 0.717) is 12.5 Å². The first-order chi connectivity index (χ1) is 11.2. The van der Waals surface area contributed by atoms with Gasteiger partial charge < -0.3 is 9.84 Å². The number of aliphatic carboxylic acids is 1. The number of carboxylic acids is 1. The van der Waals surface area contributed by atoms with Gasteiger partial charge in [-0.3, -0.25) is 0 Å². The maximum absolute atomic E-state index is 11.1. The third-order valence-electron chi connectivity index (χ3n) is 4.43. The van der Waals surface area contributed by atoms with E-state index in [2.05, 4.69) is 17.1 Å². The molecule has 0 fully saturated rings. The Morgan fingerprint density at radius 3 is 3.04 bits per heavy atom. The van der Waals surface area contributed by atoms with E-state index in [-0.39, 0.29) is 5.57 Å². The molecule has 0 saturated heterocycles. The van der Waals surface area contributed by atoms with E-state index in [1.807, 2.05) is 18.2 Å². The van der Waals surface area contributed by atoms with E-state index >= 15 is 0 Å². The van der Waals surface area contributed by atoms with Crippen molar-refractivity contribution in [1.29, 1.82) is 0 Å². The third-order valence-corrected chi connectivity index (χ3v) is 4.43. The molecule has 1 N–H and O–H groups in total. The van der Waals surface area contributed by atoms with Crippen molar-refractivity contribution < 1.29 is 14.6 Å². The number of allylic oxidation sites excluding steroid dienone is 2. The lowest BCUT2D eigenvalue weighted by Crippen LogP contribution is -2.23. The Morgan fingerprint density at radius 2 is 2.26 bits per heavy atom. The van der Waals surface area contributed by atoms with Gasteiger partial charge in [-0.2, -0.15) is 0 Å². The molecule has 1 aliphatic heterocycles. The van der Waals surface area contributed by atoms with Crippen molar-refractivity contribution in [1.82, 2.24) is 0 Å². The number of carbonyl (C=O) groups is 1. The van der Waals surface area contributed by atoms with Crippen LogP contribution in [0.1, 0.15) is 19.3 Å². The molecule has 0 aromatic heterocycles. The molecule has 1 heterocycles. The van der Waals surface area contributed by atoms with Crippen LogP contribution in [0.5, 0.6) is 5.75 Å². The van der Waals surface area contributed by atoms with Gasteiger partial charge in [-0.25, -0.2) is 9.79 Å². The lowest BCUT2D eigenvalue weighted by molar-refractivity contribution is -0.132. The zero-order valence-electron chi connectivity index (χ0n) is 12.7. The largest absolute Gasteiger partial charge is 0.493 e. The number of rotatable bonds is 4. The van der Waals surface area contributed by atoms with E-state index in [4.69, 9.17) is 9.84 Å². The van der Waals surface area contributed by atoms with E-state index in [9.17, 15) is 4.79 Å². The van der Waals surface area contributed by atoms with Gasteiger partial charge in [-0.15, -0.1) is 0 Å². The zero-order chi connectivity index (χ0) is 15.8. The smallest absolute Gasteiger partial charge is 0.335 e. The highest BCUT2D eigenvalue weighted by Gasteiger charge is 2.21. The van der Waals surface area contributed by atoms with Crippen LogP contribution in [0.15, 0.2) is 58.8 Å². The summed E-state index contributed by atoms with van der Waals surface area (Å²) in [4.78, 5) is 15.6. The van der Waals surface area contributed by atoms with Gasteiger partial charge in [-0.1, -0.05) is 12.2 Å². The number of fused-ring (bicyclic) bond motifs is 2. The molecule has 3 aliphatic rings. The van der Waals surface area contributed by atoms with Crippen molar-refractivity contribution in [2.45, 2.75) is 19.3 Å². The summed E-state index contributed by atoms with van der Waals surface area (Å²) in [6.45, 7) is 0.681. The highest BCUT2D eigenvalue weighted by atomic mass is 16.5. The highest BCUT2D eigenvalue weighted by molar-refractivity contribution is 5.98. The lowest BCUT2D eigenvalue weighted by atomic mass is 9.97. The molecule has 0 bridgehead atoms. The molecular weight excluding hydrogens is 290 g/mol.